The summed E-state index contributed by atoms with van der Waals surface area (Å²) in [7, 11) is 0. The highest BCUT2D eigenvalue weighted by Gasteiger charge is 2.34. The van der Waals surface area contributed by atoms with E-state index in [1.165, 1.54) is 12.1 Å². The van der Waals surface area contributed by atoms with E-state index in [0.717, 1.165) is 16.8 Å². The maximum absolute atomic E-state index is 13.6. The summed E-state index contributed by atoms with van der Waals surface area (Å²) in [5, 5.41) is 0. The number of fused-ring (bicyclic) bond motifs is 1. The third kappa shape index (κ3) is 2.41. The van der Waals surface area contributed by atoms with Gasteiger partial charge in [-0.05, 0) is 50.1 Å². The van der Waals surface area contributed by atoms with Gasteiger partial charge in [0.15, 0.2) is 5.78 Å². The first kappa shape index (κ1) is 14.8. The zero-order chi connectivity index (χ0) is 15.9. The fourth-order valence-electron chi connectivity index (χ4n) is 3.23. The van der Waals surface area contributed by atoms with Crippen LogP contribution in [0.5, 0.6) is 0 Å². The number of carbonyl (C=O) groups is 1. The first-order valence-corrected chi connectivity index (χ1v) is 7.65. The van der Waals surface area contributed by atoms with Crippen LogP contribution in [0.25, 0.3) is 0 Å². The van der Waals surface area contributed by atoms with Crippen molar-refractivity contribution in [1.82, 2.24) is 0 Å². The molecule has 1 atom stereocenters. The fraction of sp³-hybridized carbons (Fsp3) is 0.316. The quantitative estimate of drug-likeness (QED) is 0.822. The topological polar surface area (TPSA) is 20.3 Å². The SMILES string of the molecule is Cc1ccccc1C1CN(C(C)C)c2ccc(F)cc2C1=O. The van der Waals surface area contributed by atoms with Crippen LogP contribution in [-0.2, 0) is 0 Å². The highest BCUT2D eigenvalue weighted by molar-refractivity contribution is 6.07. The lowest BCUT2D eigenvalue weighted by molar-refractivity contribution is 0.0954. The van der Waals surface area contributed by atoms with Crippen molar-refractivity contribution in [2.75, 3.05) is 11.4 Å². The lowest BCUT2D eigenvalue weighted by Gasteiger charge is -2.38. The van der Waals surface area contributed by atoms with Crippen LogP contribution < -0.4 is 4.90 Å². The van der Waals surface area contributed by atoms with Crippen LogP contribution in [0.4, 0.5) is 10.1 Å². The molecule has 3 rings (SSSR count). The van der Waals surface area contributed by atoms with Crippen LogP contribution in [0.15, 0.2) is 42.5 Å². The van der Waals surface area contributed by atoms with Gasteiger partial charge in [-0.3, -0.25) is 4.79 Å². The van der Waals surface area contributed by atoms with Crippen molar-refractivity contribution in [3.8, 4) is 0 Å². The summed E-state index contributed by atoms with van der Waals surface area (Å²) in [6.07, 6.45) is 0. The summed E-state index contributed by atoms with van der Waals surface area (Å²) in [5.41, 5.74) is 3.47. The minimum Gasteiger partial charge on any atom is -0.367 e. The highest BCUT2D eigenvalue weighted by atomic mass is 19.1. The van der Waals surface area contributed by atoms with Crippen molar-refractivity contribution in [2.45, 2.75) is 32.7 Å². The molecule has 0 fully saturated rings. The van der Waals surface area contributed by atoms with E-state index in [1.807, 2.05) is 31.2 Å². The zero-order valence-corrected chi connectivity index (χ0v) is 13.1. The molecule has 0 saturated heterocycles. The molecule has 0 aromatic heterocycles. The van der Waals surface area contributed by atoms with Gasteiger partial charge in [0.1, 0.15) is 5.82 Å². The summed E-state index contributed by atoms with van der Waals surface area (Å²) in [6, 6.07) is 12.7. The molecule has 1 aliphatic rings. The molecule has 0 spiro atoms. The molecule has 2 aromatic carbocycles. The van der Waals surface area contributed by atoms with Crippen molar-refractivity contribution < 1.29 is 9.18 Å². The van der Waals surface area contributed by atoms with Crippen molar-refractivity contribution in [2.24, 2.45) is 0 Å². The number of halogens is 1. The molecule has 1 unspecified atom stereocenters. The molecule has 0 saturated carbocycles. The summed E-state index contributed by atoms with van der Waals surface area (Å²) in [5.74, 6) is -0.583. The molecule has 0 radical (unpaired) electrons. The Labute approximate surface area is 130 Å². The van der Waals surface area contributed by atoms with Gasteiger partial charge in [0.2, 0.25) is 0 Å². The summed E-state index contributed by atoms with van der Waals surface area (Å²) >= 11 is 0. The molecule has 0 amide bonds. The Morgan fingerprint density at radius 3 is 2.59 bits per heavy atom. The number of anilines is 1. The molecule has 114 valence electrons. The Bertz CT molecular complexity index is 723. The van der Waals surface area contributed by atoms with Crippen LogP contribution >= 0.6 is 0 Å². The smallest absolute Gasteiger partial charge is 0.174 e. The Kier molecular flexibility index (Phi) is 3.73. The molecule has 22 heavy (non-hydrogen) atoms. The van der Waals surface area contributed by atoms with Crippen LogP contribution in [0.2, 0.25) is 0 Å². The van der Waals surface area contributed by atoms with Crippen molar-refractivity contribution >= 4 is 11.5 Å². The van der Waals surface area contributed by atoms with Crippen LogP contribution in [-0.4, -0.2) is 18.4 Å². The van der Waals surface area contributed by atoms with Gasteiger partial charge >= 0.3 is 0 Å². The maximum Gasteiger partial charge on any atom is 0.174 e. The van der Waals surface area contributed by atoms with Crippen molar-refractivity contribution in [3.05, 3.63) is 65.0 Å². The lowest BCUT2D eigenvalue weighted by atomic mass is 9.83. The third-order valence-corrected chi connectivity index (χ3v) is 4.42. The Hall–Kier alpha value is -2.16. The number of carbonyl (C=O) groups excluding carboxylic acids is 1. The van der Waals surface area contributed by atoms with Gasteiger partial charge in [0.25, 0.3) is 0 Å². The number of hydrogen-bond donors (Lipinski definition) is 0. The van der Waals surface area contributed by atoms with Gasteiger partial charge in [-0.25, -0.2) is 4.39 Å². The molecule has 2 nitrogen and oxygen atoms in total. The minimum atomic E-state index is -0.360. The van der Waals surface area contributed by atoms with Crippen molar-refractivity contribution in [3.63, 3.8) is 0 Å². The van der Waals surface area contributed by atoms with E-state index >= 15 is 0 Å². The molecular formula is C19H20FNO. The largest absolute Gasteiger partial charge is 0.367 e. The van der Waals surface area contributed by atoms with Gasteiger partial charge in [0.05, 0.1) is 5.92 Å². The number of nitrogens with zero attached hydrogens (tertiary/aromatic N) is 1. The third-order valence-electron chi connectivity index (χ3n) is 4.42. The predicted molar refractivity (Wildman–Crippen MR) is 87.1 cm³/mol. The first-order chi connectivity index (χ1) is 10.5. The second-order valence-electron chi connectivity index (χ2n) is 6.18. The number of rotatable bonds is 2. The maximum atomic E-state index is 13.6. The summed E-state index contributed by atoms with van der Waals surface area (Å²) in [6.45, 7) is 6.85. The molecule has 0 bridgehead atoms. The Balaban J connectivity index is 2.13. The highest BCUT2D eigenvalue weighted by Crippen LogP contribution is 2.36. The van der Waals surface area contributed by atoms with E-state index in [1.54, 1.807) is 6.07 Å². The summed E-state index contributed by atoms with van der Waals surface area (Å²) < 4.78 is 13.6. The second-order valence-corrected chi connectivity index (χ2v) is 6.18. The van der Waals surface area contributed by atoms with Crippen LogP contribution in [0.1, 0.15) is 41.3 Å². The van der Waals surface area contributed by atoms with E-state index in [-0.39, 0.29) is 23.6 Å². The van der Waals surface area contributed by atoms with Crippen LogP contribution in [0.3, 0.4) is 0 Å². The summed E-state index contributed by atoms with van der Waals surface area (Å²) in [4.78, 5) is 15.1. The van der Waals surface area contributed by atoms with E-state index in [0.29, 0.717) is 12.1 Å². The average molecular weight is 297 g/mol. The zero-order valence-electron chi connectivity index (χ0n) is 13.1. The number of ketones is 1. The average Bonchev–Trinajstić information content (AvgIpc) is 2.49. The lowest BCUT2D eigenvalue weighted by Crippen LogP contribution is -2.42. The number of hydrogen-bond acceptors (Lipinski definition) is 2. The molecule has 2 aromatic rings. The second kappa shape index (κ2) is 5.56. The van der Waals surface area contributed by atoms with Crippen LogP contribution in [0, 0.1) is 12.7 Å². The van der Waals surface area contributed by atoms with Gasteiger partial charge < -0.3 is 4.90 Å². The van der Waals surface area contributed by atoms with Crippen molar-refractivity contribution in [1.29, 1.82) is 0 Å². The van der Waals surface area contributed by atoms with Gasteiger partial charge in [0, 0.05) is 23.8 Å². The van der Waals surface area contributed by atoms with E-state index in [9.17, 15) is 9.18 Å². The van der Waals surface area contributed by atoms with E-state index in [2.05, 4.69) is 18.7 Å². The molecule has 0 N–H and O–H groups in total. The number of Topliss-reactive ketones (excluding diaryl/α,β-unsaturated/α-hetero) is 1. The van der Waals surface area contributed by atoms with E-state index in [4.69, 9.17) is 0 Å². The van der Waals surface area contributed by atoms with Gasteiger partial charge in [-0.2, -0.15) is 0 Å². The number of benzene rings is 2. The minimum absolute atomic E-state index is 0.0145. The standard InChI is InChI=1S/C19H20FNO/c1-12(2)21-11-17(15-7-5-4-6-13(15)3)19(22)16-10-14(20)8-9-18(16)21/h4-10,12,17H,11H2,1-3H3. The predicted octanol–water partition coefficient (Wildman–Crippen LogP) is 4.33. The molecule has 3 heteroatoms. The Morgan fingerprint density at radius 2 is 1.91 bits per heavy atom. The Morgan fingerprint density at radius 1 is 1.18 bits per heavy atom. The monoisotopic (exact) mass is 297 g/mol. The van der Waals surface area contributed by atoms with E-state index < -0.39 is 0 Å². The first-order valence-electron chi connectivity index (χ1n) is 7.65. The van der Waals surface area contributed by atoms with Gasteiger partial charge in [-0.15, -0.1) is 0 Å². The molecule has 1 aliphatic heterocycles. The molecule has 0 aliphatic carbocycles. The molecular weight excluding hydrogens is 277 g/mol. The number of aryl methyl sites for hydroxylation is 1. The molecule has 1 heterocycles. The fourth-order valence-corrected chi connectivity index (χ4v) is 3.23. The normalized spacial score (nSPS) is 17.8. The van der Waals surface area contributed by atoms with Gasteiger partial charge in [-0.1, -0.05) is 24.3 Å².